The van der Waals surface area contributed by atoms with Gasteiger partial charge < -0.3 is 9.47 Å². The molecule has 0 heterocycles. The molecular formula is C10H20O2. The molecule has 0 fully saturated rings. The summed E-state index contributed by atoms with van der Waals surface area (Å²) in [6.07, 6.45) is 6.54. The summed E-state index contributed by atoms with van der Waals surface area (Å²) in [5.74, 6) is 0. The molecule has 2 heteroatoms. The molecule has 0 spiro atoms. The largest absolute Gasteiger partial charge is 0.378 e. The minimum atomic E-state index is 0.194. The van der Waals surface area contributed by atoms with Crippen LogP contribution in [-0.2, 0) is 9.47 Å². The Kier molecular flexibility index (Phi) is 8.51. The van der Waals surface area contributed by atoms with Crippen molar-refractivity contribution in [1.29, 1.82) is 0 Å². The third kappa shape index (κ3) is 7.76. The van der Waals surface area contributed by atoms with Crippen LogP contribution in [0.3, 0.4) is 0 Å². The summed E-state index contributed by atoms with van der Waals surface area (Å²) in [6, 6.07) is 0. The first-order chi connectivity index (χ1) is 5.81. The maximum absolute atomic E-state index is 5.33. The van der Waals surface area contributed by atoms with E-state index in [0.29, 0.717) is 6.61 Å². The van der Waals surface area contributed by atoms with E-state index >= 15 is 0 Å². The van der Waals surface area contributed by atoms with Gasteiger partial charge in [-0.1, -0.05) is 25.5 Å². The van der Waals surface area contributed by atoms with Gasteiger partial charge >= 0.3 is 0 Å². The molecule has 2 nitrogen and oxygen atoms in total. The normalized spacial score (nSPS) is 13.9. The van der Waals surface area contributed by atoms with E-state index in [2.05, 4.69) is 6.92 Å². The maximum atomic E-state index is 5.33. The summed E-state index contributed by atoms with van der Waals surface area (Å²) in [5.41, 5.74) is 0. The number of methoxy groups -OCH3 is 1. The van der Waals surface area contributed by atoms with Crippen LogP contribution < -0.4 is 0 Å². The van der Waals surface area contributed by atoms with E-state index < -0.39 is 0 Å². The van der Waals surface area contributed by atoms with Crippen molar-refractivity contribution in [3.63, 3.8) is 0 Å². The highest BCUT2D eigenvalue weighted by Gasteiger charge is 1.89. The van der Waals surface area contributed by atoms with Gasteiger partial charge in [0.05, 0.1) is 12.7 Å². The van der Waals surface area contributed by atoms with Crippen LogP contribution in [0.5, 0.6) is 0 Å². The second kappa shape index (κ2) is 8.75. The molecule has 0 saturated carbocycles. The van der Waals surface area contributed by atoms with Crippen LogP contribution in [0.1, 0.15) is 26.7 Å². The highest BCUT2D eigenvalue weighted by molar-refractivity contribution is 4.86. The molecule has 0 radical (unpaired) electrons. The van der Waals surface area contributed by atoms with E-state index in [-0.39, 0.29) is 6.10 Å². The Morgan fingerprint density at radius 1 is 1.42 bits per heavy atom. The van der Waals surface area contributed by atoms with E-state index in [9.17, 15) is 0 Å². The van der Waals surface area contributed by atoms with Crippen LogP contribution >= 0.6 is 0 Å². The lowest BCUT2D eigenvalue weighted by Gasteiger charge is -2.02. The van der Waals surface area contributed by atoms with E-state index in [1.807, 2.05) is 19.1 Å². The first-order valence-corrected chi connectivity index (χ1v) is 4.58. The van der Waals surface area contributed by atoms with Crippen LogP contribution in [0.2, 0.25) is 0 Å². The number of hydrogen-bond acceptors (Lipinski definition) is 2. The van der Waals surface area contributed by atoms with E-state index in [1.54, 1.807) is 7.11 Å². The number of unbranched alkanes of at least 4 members (excludes halogenated alkanes) is 1. The fourth-order valence-corrected chi connectivity index (χ4v) is 0.724. The predicted molar refractivity (Wildman–Crippen MR) is 51.3 cm³/mol. The Hall–Kier alpha value is -0.340. The van der Waals surface area contributed by atoms with Gasteiger partial charge in [0.1, 0.15) is 0 Å². The van der Waals surface area contributed by atoms with Gasteiger partial charge in [0, 0.05) is 13.7 Å². The zero-order valence-electron chi connectivity index (χ0n) is 8.38. The number of ether oxygens (including phenoxy) is 2. The standard InChI is InChI=1S/C10H20O2/c1-4-5-8-12-9-6-7-10(2)11-3/h6-7,10H,4-5,8-9H2,1-3H3/b7-6+. The highest BCUT2D eigenvalue weighted by atomic mass is 16.5. The molecule has 1 atom stereocenters. The van der Waals surface area contributed by atoms with Crippen molar-refractivity contribution < 1.29 is 9.47 Å². The Balaban J connectivity index is 3.12. The zero-order chi connectivity index (χ0) is 9.23. The molecule has 0 N–H and O–H groups in total. The molecule has 1 unspecified atom stereocenters. The van der Waals surface area contributed by atoms with Gasteiger partial charge in [-0.3, -0.25) is 0 Å². The molecule has 0 amide bonds. The van der Waals surface area contributed by atoms with Crippen molar-refractivity contribution in [2.45, 2.75) is 32.8 Å². The van der Waals surface area contributed by atoms with Gasteiger partial charge in [-0.2, -0.15) is 0 Å². The van der Waals surface area contributed by atoms with Crippen molar-refractivity contribution >= 4 is 0 Å². The number of hydrogen-bond donors (Lipinski definition) is 0. The Labute approximate surface area is 75.6 Å². The summed E-state index contributed by atoms with van der Waals surface area (Å²) >= 11 is 0. The lowest BCUT2D eigenvalue weighted by atomic mass is 10.3. The zero-order valence-corrected chi connectivity index (χ0v) is 8.38. The van der Waals surface area contributed by atoms with Crippen molar-refractivity contribution in [1.82, 2.24) is 0 Å². The van der Waals surface area contributed by atoms with Crippen LogP contribution in [0.25, 0.3) is 0 Å². The Morgan fingerprint density at radius 3 is 2.75 bits per heavy atom. The summed E-state index contributed by atoms with van der Waals surface area (Å²) in [5, 5.41) is 0. The second-order valence-corrected chi connectivity index (χ2v) is 2.80. The van der Waals surface area contributed by atoms with Gasteiger partial charge in [-0.25, -0.2) is 0 Å². The summed E-state index contributed by atoms with van der Waals surface area (Å²) in [7, 11) is 1.70. The van der Waals surface area contributed by atoms with Gasteiger partial charge in [0.2, 0.25) is 0 Å². The number of rotatable bonds is 7. The molecule has 0 aliphatic rings. The van der Waals surface area contributed by atoms with E-state index in [0.717, 1.165) is 13.0 Å². The molecule has 0 saturated heterocycles. The highest BCUT2D eigenvalue weighted by Crippen LogP contribution is 1.91. The predicted octanol–water partition coefficient (Wildman–Crippen LogP) is 2.39. The van der Waals surface area contributed by atoms with Crippen molar-refractivity contribution in [2.75, 3.05) is 20.3 Å². The monoisotopic (exact) mass is 172 g/mol. The second-order valence-electron chi connectivity index (χ2n) is 2.80. The van der Waals surface area contributed by atoms with E-state index in [4.69, 9.17) is 9.47 Å². The quantitative estimate of drug-likeness (QED) is 0.433. The molecule has 0 aliphatic heterocycles. The molecule has 72 valence electrons. The third-order valence-electron chi connectivity index (χ3n) is 1.64. The topological polar surface area (TPSA) is 18.5 Å². The lowest BCUT2D eigenvalue weighted by Crippen LogP contribution is -2.00. The van der Waals surface area contributed by atoms with E-state index in [1.165, 1.54) is 6.42 Å². The molecule has 0 aromatic rings. The van der Waals surface area contributed by atoms with Crippen molar-refractivity contribution in [3.05, 3.63) is 12.2 Å². The van der Waals surface area contributed by atoms with Gasteiger partial charge in [-0.15, -0.1) is 0 Å². The van der Waals surface area contributed by atoms with Gasteiger partial charge in [0.15, 0.2) is 0 Å². The fraction of sp³-hybridized carbons (Fsp3) is 0.800. The lowest BCUT2D eigenvalue weighted by molar-refractivity contribution is 0.147. The SMILES string of the molecule is CCCCOC/C=C/C(C)OC. The molecule has 0 aliphatic carbocycles. The van der Waals surface area contributed by atoms with Crippen LogP contribution in [0.15, 0.2) is 12.2 Å². The Bertz CT molecular complexity index is 110. The summed E-state index contributed by atoms with van der Waals surface area (Å²) in [4.78, 5) is 0. The van der Waals surface area contributed by atoms with Gasteiger partial charge in [0.25, 0.3) is 0 Å². The first-order valence-electron chi connectivity index (χ1n) is 4.58. The molecular weight excluding hydrogens is 152 g/mol. The first kappa shape index (κ1) is 11.7. The fourth-order valence-electron chi connectivity index (χ4n) is 0.724. The molecule has 0 bridgehead atoms. The van der Waals surface area contributed by atoms with Crippen molar-refractivity contribution in [3.8, 4) is 0 Å². The Morgan fingerprint density at radius 2 is 2.17 bits per heavy atom. The average molecular weight is 172 g/mol. The maximum Gasteiger partial charge on any atom is 0.0724 e. The van der Waals surface area contributed by atoms with Crippen LogP contribution in [0, 0.1) is 0 Å². The van der Waals surface area contributed by atoms with Crippen LogP contribution in [-0.4, -0.2) is 26.4 Å². The molecule has 0 aromatic heterocycles. The smallest absolute Gasteiger partial charge is 0.0724 e. The molecule has 0 rings (SSSR count). The molecule has 0 aromatic carbocycles. The minimum absolute atomic E-state index is 0.194. The summed E-state index contributed by atoms with van der Waals surface area (Å²) in [6.45, 7) is 5.73. The average Bonchev–Trinajstić information content (AvgIpc) is 2.10. The molecule has 12 heavy (non-hydrogen) atoms. The van der Waals surface area contributed by atoms with Gasteiger partial charge in [-0.05, 0) is 13.3 Å². The third-order valence-corrected chi connectivity index (χ3v) is 1.64. The van der Waals surface area contributed by atoms with Crippen LogP contribution in [0.4, 0.5) is 0 Å². The van der Waals surface area contributed by atoms with Crippen molar-refractivity contribution in [2.24, 2.45) is 0 Å². The minimum Gasteiger partial charge on any atom is -0.378 e. The summed E-state index contributed by atoms with van der Waals surface area (Å²) < 4.78 is 10.4.